The van der Waals surface area contributed by atoms with Crippen molar-refractivity contribution in [1.29, 1.82) is 0 Å². The van der Waals surface area contributed by atoms with E-state index in [0.717, 1.165) is 53.9 Å². The zero-order chi connectivity index (χ0) is 31.2. The zero-order valence-electron chi connectivity index (χ0n) is 25.6. The minimum absolute atomic E-state index is 0.303. The van der Waals surface area contributed by atoms with E-state index < -0.39 is 21.7 Å². The monoisotopic (exact) mass is 618 g/mol. The molecule has 1 amide bonds. The van der Waals surface area contributed by atoms with Crippen molar-refractivity contribution in [3.05, 3.63) is 66.7 Å². The largest absolute Gasteiger partial charge is 0.444 e. The van der Waals surface area contributed by atoms with E-state index in [1.165, 1.54) is 0 Å². The van der Waals surface area contributed by atoms with E-state index in [0.29, 0.717) is 48.1 Å². The molecule has 1 heterocycles. The van der Waals surface area contributed by atoms with Crippen LogP contribution in [0.2, 0.25) is 0 Å². The molecule has 0 spiro atoms. The van der Waals surface area contributed by atoms with E-state index in [-0.39, 0.29) is 0 Å². The van der Waals surface area contributed by atoms with E-state index in [2.05, 4.69) is 20.7 Å². The second-order valence-electron chi connectivity index (χ2n) is 12.4. The van der Waals surface area contributed by atoms with Gasteiger partial charge in [-0.3, -0.25) is 0 Å². The van der Waals surface area contributed by atoms with Crippen molar-refractivity contribution in [2.45, 2.75) is 57.0 Å². The Balaban J connectivity index is 1.10. The van der Waals surface area contributed by atoms with E-state index in [9.17, 15) is 13.2 Å². The topological polar surface area (TPSA) is 134 Å². The number of sulfonamides is 1. The van der Waals surface area contributed by atoms with Crippen LogP contribution in [0.25, 0.3) is 21.7 Å². The molecular weight excluding hydrogens is 576 g/mol. The third kappa shape index (κ3) is 8.57. The van der Waals surface area contributed by atoms with E-state index in [1.807, 2.05) is 75.4 Å². The standard InChI is InChI=1S/C33H42N6O4S/c1-33(2,3)43-32(40)35-19-18-34-30-28-10-6-7-11-29(28)38-31(39-30)36-21-23-12-14-24(15-13-23)22-37-44(41,42)27-17-16-25-8-4-5-9-26(25)20-27/h4-11,16-17,20,23-24,37H,12-15,18-19,21-22H2,1-3H3,(H,35,40)(H2,34,36,38,39). The van der Waals surface area contributed by atoms with Gasteiger partial charge in [0.1, 0.15) is 11.4 Å². The lowest BCUT2D eigenvalue weighted by Crippen LogP contribution is -2.35. The van der Waals surface area contributed by atoms with Crippen LogP contribution in [-0.4, -0.2) is 56.3 Å². The van der Waals surface area contributed by atoms with Crippen molar-refractivity contribution in [3.8, 4) is 0 Å². The summed E-state index contributed by atoms with van der Waals surface area (Å²) in [7, 11) is -3.56. The number of amides is 1. The fraction of sp³-hybridized carbons (Fsp3) is 0.424. The molecule has 4 N–H and O–H groups in total. The van der Waals surface area contributed by atoms with Gasteiger partial charge in [-0.25, -0.2) is 22.9 Å². The molecule has 3 aromatic carbocycles. The van der Waals surface area contributed by atoms with Gasteiger partial charge in [0.25, 0.3) is 0 Å². The Hall–Kier alpha value is -3.96. The number of hydrogen-bond acceptors (Lipinski definition) is 8. The molecule has 1 aromatic heterocycles. The number of carbonyl (C=O) groups excluding carboxylic acids is 1. The molecule has 0 atom stereocenters. The lowest BCUT2D eigenvalue weighted by molar-refractivity contribution is 0.0530. The van der Waals surface area contributed by atoms with Gasteiger partial charge in [0.2, 0.25) is 16.0 Å². The molecule has 44 heavy (non-hydrogen) atoms. The molecule has 10 nitrogen and oxygen atoms in total. The minimum Gasteiger partial charge on any atom is -0.444 e. The van der Waals surface area contributed by atoms with Crippen molar-refractivity contribution >= 4 is 49.6 Å². The molecule has 1 aliphatic rings. The average Bonchev–Trinajstić information content (AvgIpc) is 3.00. The van der Waals surface area contributed by atoms with Gasteiger partial charge in [0.15, 0.2) is 0 Å². The van der Waals surface area contributed by atoms with Gasteiger partial charge in [-0.05, 0) is 93.3 Å². The highest BCUT2D eigenvalue weighted by molar-refractivity contribution is 7.89. The number of nitrogens with one attached hydrogen (secondary N) is 4. The number of nitrogens with zero attached hydrogens (tertiary/aromatic N) is 2. The van der Waals surface area contributed by atoms with Crippen LogP contribution in [0.5, 0.6) is 0 Å². The maximum absolute atomic E-state index is 13.0. The Morgan fingerprint density at radius 3 is 2.27 bits per heavy atom. The summed E-state index contributed by atoms with van der Waals surface area (Å²) < 4.78 is 34.1. The Morgan fingerprint density at radius 2 is 1.52 bits per heavy atom. The molecule has 1 aliphatic carbocycles. The quantitative estimate of drug-likeness (QED) is 0.152. The molecule has 11 heteroatoms. The smallest absolute Gasteiger partial charge is 0.407 e. The van der Waals surface area contributed by atoms with Gasteiger partial charge in [-0.2, -0.15) is 4.98 Å². The van der Waals surface area contributed by atoms with Crippen molar-refractivity contribution in [2.75, 3.05) is 36.8 Å². The number of rotatable bonds is 11. The molecule has 4 aromatic rings. The lowest BCUT2D eigenvalue weighted by Gasteiger charge is -2.28. The predicted molar refractivity (Wildman–Crippen MR) is 175 cm³/mol. The summed E-state index contributed by atoms with van der Waals surface area (Å²) in [5.41, 5.74) is 0.283. The van der Waals surface area contributed by atoms with Crippen LogP contribution in [-0.2, 0) is 14.8 Å². The van der Waals surface area contributed by atoms with Gasteiger partial charge in [-0.15, -0.1) is 0 Å². The number of hydrogen-bond donors (Lipinski definition) is 4. The van der Waals surface area contributed by atoms with Crippen LogP contribution in [0.4, 0.5) is 16.6 Å². The van der Waals surface area contributed by atoms with Crippen LogP contribution >= 0.6 is 0 Å². The Bertz CT molecular complexity index is 1700. The van der Waals surface area contributed by atoms with Crippen molar-refractivity contribution in [3.63, 3.8) is 0 Å². The van der Waals surface area contributed by atoms with Crippen LogP contribution in [0.3, 0.4) is 0 Å². The zero-order valence-corrected chi connectivity index (χ0v) is 26.4. The summed E-state index contributed by atoms with van der Waals surface area (Å²) in [6, 6.07) is 20.8. The van der Waals surface area contributed by atoms with Crippen LogP contribution in [0.1, 0.15) is 46.5 Å². The Morgan fingerprint density at radius 1 is 0.841 bits per heavy atom. The van der Waals surface area contributed by atoms with Crippen molar-refractivity contribution < 1.29 is 17.9 Å². The molecule has 0 unspecified atom stereocenters. The van der Waals surface area contributed by atoms with E-state index in [1.54, 1.807) is 12.1 Å². The van der Waals surface area contributed by atoms with Crippen LogP contribution in [0, 0.1) is 11.8 Å². The molecule has 0 saturated heterocycles. The summed E-state index contributed by atoms with van der Waals surface area (Å²) in [4.78, 5) is 21.7. The maximum atomic E-state index is 13.0. The molecule has 1 fully saturated rings. The number of ether oxygens (including phenoxy) is 1. The first-order valence-corrected chi connectivity index (χ1v) is 16.7. The molecule has 0 bridgehead atoms. The highest BCUT2D eigenvalue weighted by Gasteiger charge is 2.24. The molecule has 1 saturated carbocycles. The SMILES string of the molecule is CC(C)(C)OC(=O)NCCNc1nc(NCC2CCC(CNS(=O)(=O)c3ccc4ccccc4c3)CC2)nc2ccccc12. The van der Waals surface area contributed by atoms with Crippen molar-refractivity contribution in [2.24, 2.45) is 11.8 Å². The van der Waals surface area contributed by atoms with Gasteiger partial charge in [0.05, 0.1) is 10.4 Å². The second kappa shape index (κ2) is 13.8. The number of alkyl carbamates (subject to hydrolysis) is 1. The van der Waals surface area contributed by atoms with E-state index in [4.69, 9.17) is 14.7 Å². The fourth-order valence-electron chi connectivity index (χ4n) is 5.47. The third-order valence-corrected chi connectivity index (χ3v) is 9.22. The summed E-state index contributed by atoms with van der Waals surface area (Å²) in [6.45, 7) is 7.54. The highest BCUT2D eigenvalue weighted by atomic mass is 32.2. The molecule has 5 rings (SSSR count). The van der Waals surface area contributed by atoms with Crippen LogP contribution in [0.15, 0.2) is 71.6 Å². The predicted octanol–water partition coefficient (Wildman–Crippen LogP) is 5.92. The maximum Gasteiger partial charge on any atom is 0.407 e. The summed E-state index contributed by atoms with van der Waals surface area (Å²) in [5, 5.41) is 12.3. The van der Waals surface area contributed by atoms with Gasteiger partial charge in [-0.1, -0.05) is 42.5 Å². The number of para-hydroxylation sites is 1. The summed E-state index contributed by atoms with van der Waals surface area (Å²) in [6.07, 6.45) is 3.48. The number of anilines is 2. The first-order chi connectivity index (χ1) is 21.1. The number of fused-ring (bicyclic) bond motifs is 2. The molecule has 0 radical (unpaired) electrons. The highest BCUT2D eigenvalue weighted by Crippen LogP contribution is 2.29. The van der Waals surface area contributed by atoms with Crippen LogP contribution < -0.4 is 20.7 Å². The van der Waals surface area contributed by atoms with E-state index >= 15 is 0 Å². The molecular formula is C33H42N6O4S. The first kappa shape index (κ1) is 31.5. The normalized spacial score (nSPS) is 17.3. The average molecular weight is 619 g/mol. The second-order valence-corrected chi connectivity index (χ2v) is 14.2. The lowest BCUT2D eigenvalue weighted by atomic mass is 9.82. The number of benzene rings is 3. The molecule has 0 aliphatic heterocycles. The van der Waals surface area contributed by atoms with Crippen molar-refractivity contribution in [1.82, 2.24) is 20.0 Å². The molecule has 234 valence electrons. The van der Waals surface area contributed by atoms with Gasteiger partial charge in [0, 0.05) is 31.6 Å². The van der Waals surface area contributed by atoms with Gasteiger partial charge < -0.3 is 20.7 Å². The number of aromatic nitrogens is 2. The first-order valence-electron chi connectivity index (χ1n) is 15.3. The summed E-state index contributed by atoms with van der Waals surface area (Å²) >= 11 is 0. The Kier molecular flexibility index (Phi) is 9.85. The Labute approximate surface area is 259 Å². The minimum atomic E-state index is -3.56. The third-order valence-electron chi connectivity index (χ3n) is 7.80. The van der Waals surface area contributed by atoms with Gasteiger partial charge >= 0.3 is 6.09 Å². The number of carbonyl (C=O) groups is 1. The fourth-order valence-corrected chi connectivity index (χ4v) is 6.62. The summed E-state index contributed by atoms with van der Waals surface area (Å²) in [5.74, 6) is 2.01.